The highest BCUT2D eigenvalue weighted by Gasteiger charge is 2.10. The van der Waals surface area contributed by atoms with Crippen molar-refractivity contribution in [3.63, 3.8) is 0 Å². The number of nitrogens with one attached hydrogen (secondary N) is 3. The number of pyridine rings is 1. The molecule has 3 N–H and O–H groups in total. The fourth-order valence-electron chi connectivity index (χ4n) is 3.13. The number of anilines is 3. The molecule has 4 rings (SSSR count). The van der Waals surface area contributed by atoms with Crippen molar-refractivity contribution in [3.8, 4) is 0 Å². The molecule has 140 valence electrons. The first-order chi connectivity index (χ1) is 13.2. The maximum absolute atomic E-state index is 5.95. The second-order valence-corrected chi connectivity index (χ2v) is 6.97. The van der Waals surface area contributed by atoms with Crippen LogP contribution in [0.15, 0.2) is 36.5 Å². The van der Waals surface area contributed by atoms with Gasteiger partial charge in [0.25, 0.3) is 0 Å². The van der Waals surface area contributed by atoms with Gasteiger partial charge in [-0.05, 0) is 31.2 Å². The van der Waals surface area contributed by atoms with E-state index in [1.807, 2.05) is 25.1 Å². The highest BCUT2D eigenvalue weighted by molar-refractivity contribution is 6.29. The monoisotopic (exact) mass is 383 g/mol. The molecule has 0 saturated carbocycles. The first-order valence-electron chi connectivity index (χ1n) is 9.01. The summed E-state index contributed by atoms with van der Waals surface area (Å²) in [5, 5.41) is 10.6. The van der Waals surface area contributed by atoms with E-state index in [1.54, 1.807) is 0 Å². The van der Waals surface area contributed by atoms with Crippen LogP contribution in [0.3, 0.4) is 0 Å². The van der Waals surface area contributed by atoms with Crippen molar-refractivity contribution in [2.75, 3.05) is 43.5 Å². The van der Waals surface area contributed by atoms with Gasteiger partial charge in [-0.2, -0.15) is 0 Å². The Morgan fingerprint density at radius 2 is 1.96 bits per heavy atom. The van der Waals surface area contributed by atoms with E-state index in [9.17, 15) is 0 Å². The van der Waals surface area contributed by atoms with Crippen LogP contribution >= 0.6 is 11.6 Å². The molecule has 0 aliphatic carbocycles. The number of hydrogen-bond acceptors (Lipinski definition) is 7. The molecule has 0 unspecified atom stereocenters. The Kier molecular flexibility index (Phi) is 5.33. The van der Waals surface area contributed by atoms with Crippen LogP contribution in [0.25, 0.3) is 11.2 Å². The predicted octanol–water partition coefficient (Wildman–Crippen LogP) is 3.00. The number of piperazine rings is 1. The molecular weight excluding hydrogens is 362 g/mol. The van der Waals surface area contributed by atoms with E-state index < -0.39 is 0 Å². The van der Waals surface area contributed by atoms with Crippen LogP contribution in [0.5, 0.6) is 0 Å². The number of halogens is 1. The molecule has 0 atom stereocenters. The topological polar surface area (TPSA) is 78.0 Å². The molecule has 8 heteroatoms. The van der Waals surface area contributed by atoms with Gasteiger partial charge in [-0.15, -0.1) is 0 Å². The molecule has 1 aliphatic heterocycles. The zero-order valence-electron chi connectivity index (χ0n) is 15.2. The summed E-state index contributed by atoms with van der Waals surface area (Å²) in [6.07, 6.45) is 1.54. The van der Waals surface area contributed by atoms with Crippen molar-refractivity contribution < 1.29 is 0 Å². The zero-order valence-corrected chi connectivity index (χ0v) is 15.9. The molecule has 0 bridgehead atoms. The lowest BCUT2D eigenvalue weighted by molar-refractivity contribution is 0.256. The molecule has 1 saturated heterocycles. The van der Waals surface area contributed by atoms with E-state index in [1.165, 1.54) is 6.20 Å². The van der Waals surface area contributed by atoms with Gasteiger partial charge in [-0.3, -0.25) is 4.90 Å². The van der Waals surface area contributed by atoms with E-state index in [0.717, 1.165) is 55.6 Å². The normalized spacial score (nSPS) is 15.0. The molecule has 0 spiro atoms. The second-order valence-electron chi connectivity index (χ2n) is 6.58. The maximum Gasteiger partial charge on any atom is 0.182 e. The quantitative estimate of drug-likeness (QED) is 0.625. The van der Waals surface area contributed by atoms with Crippen LogP contribution in [0.4, 0.5) is 17.1 Å². The average Bonchev–Trinajstić information content (AvgIpc) is 2.67. The Morgan fingerprint density at radius 3 is 2.81 bits per heavy atom. The minimum Gasteiger partial charge on any atom is -0.372 e. The lowest BCUT2D eigenvalue weighted by Gasteiger charge is -2.27. The molecule has 1 aromatic carbocycles. The standard InChI is InChI=1S/C19H22ClN7/c1-13-9-16(18-19(24-13)26-17(20)11-22-18)25-15-4-2-3-14(10-15)23-12-27-7-5-21-6-8-27/h2-4,9-11,21,23H,5-8,12H2,1H3,(H,24,25,26). The Labute approximate surface area is 163 Å². The van der Waals surface area contributed by atoms with E-state index in [0.29, 0.717) is 16.3 Å². The Hall–Kier alpha value is -2.48. The van der Waals surface area contributed by atoms with Crippen molar-refractivity contribution in [1.29, 1.82) is 0 Å². The van der Waals surface area contributed by atoms with Gasteiger partial charge >= 0.3 is 0 Å². The summed E-state index contributed by atoms with van der Waals surface area (Å²) in [6.45, 7) is 6.99. The van der Waals surface area contributed by atoms with Crippen molar-refractivity contribution >= 4 is 39.8 Å². The van der Waals surface area contributed by atoms with Gasteiger partial charge in [0.05, 0.1) is 18.6 Å². The summed E-state index contributed by atoms with van der Waals surface area (Å²) < 4.78 is 0. The average molecular weight is 384 g/mol. The third-order valence-corrected chi connectivity index (χ3v) is 4.66. The Balaban J connectivity index is 1.52. The summed E-state index contributed by atoms with van der Waals surface area (Å²) in [4.78, 5) is 15.5. The summed E-state index contributed by atoms with van der Waals surface area (Å²) in [5.74, 6) is 0. The Morgan fingerprint density at radius 1 is 1.15 bits per heavy atom. The van der Waals surface area contributed by atoms with Gasteiger partial charge in [-0.1, -0.05) is 17.7 Å². The van der Waals surface area contributed by atoms with Gasteiger partial charge in [0.2, 0.25) is 0 Å². The van der Waals surface area contributed by atoms with Crippen LogP contribution < -0.4 is 16.0 Å². The lowest BCUT2D eigenvalue weighted by Crippen LogP contribution is -2.45. The smallest absolute Gasteiger partial charge is 0.182 e. The largest absolute Gasteiger partial charge is 0.372 e. The molecule has 3 aromatic rings. The van der Waals surface area contributed by atoms with Crippen molar-refractivity contribution in [2.45, 2.75) is 6.92 Å². The highest BCUT2D eigenvalue weighted by atomic mass is 35.5. The van der Waals surface area contributed by atoms with Crippen molar-refractivity contribution in [1.82, 2.24) is 25.2 Å². The molecule has 0 radical (unpaired) electrons. The molecule has 0 amide bonds. The molecular formula is C19H22ClN7. The first kappa shape index (κ1) is 17.9. The summed E-state index contributed by atoms with van der Waals surface area (Å²) >= 11 is 5.95. The van der Waals surface area contributed by atoms with Gasteiger partial charge in [0.1, 0.15) is 10.7 Å². The van der Waals surface area contributed by atoms with Crippen LogP contribution in [0.2, 0.25) is 5.15 Å². The molecule has 3 heterocycles. The molecule has 2 aromatic heterocycles. The van der Waals surface area contributed by atoms with Crippen LogP contribution in [-0.2, 0) is 0 Å². The first-order valence-corrected chi connectivity index (χ1v) is 9.39. The number of rotatable bonds is 5. The Bertz CT molecular complexity index is 935. The van der Waals surface area contributed by atoms with Gasteiger partial charge in [0.15, 0.2) is 5.65 Å². The number of fused-ring (bicyclic) bond motifs is 1. The van der Waals surface area contributed by atoms with E-state index in [-0.39, 0.29) is 0 Å². The fourth-order valence-corrected chi connectivity index (χ4v) is 3.26. The molecule has 1 aliphatic rings. The van der Waals surface area contributed by atoms with Gasteiger partial charge in [-0.25, -0.2) is 15.0 Å². The van der Waals surface area contributed by atoms with E-state index in [2.05, 4.69) is 47.9 Å². The number of aryl methyl sites for hydroxylation is 1. The van der Waals surface area contributed by atoms with E-state index >= 15 is 0 Å². The zero-order chi connectivity index (χ0) is 18.6. The second kappa shape index (κ2) is 8.04. The predicted molar refractivity (Wildman–Crippen MR) is 110 cm³/mol. The minimum atomic E-state index is 0.339. The molecule has 1 fully saturated rings. The minimum absolute atomic E-state index is 0.339. The van der Waals surface area contributed by atoms with Crippen LogP contribution in [0, 0.1) is 6.92 Å². The van der Waals surface area contributed by atoms with Crippen molar-refractivity contribution in [2.24, 2.45) is 0 Å². The third-order valence-electron chi connectivity index (χ3n) is 4.47. The highest BCUT2D eigenvalue weighted by Crippen LogP contribution is 2.26. The summed E-state index contributed by atoms with van der Waals surface area (Å²) in [5.41, 5.74) is 5.00. The SMILES string of the molecule is Cc1cc(Nc2cccc(NCN3CCNCC3)c2)c2ncc(Cl)nc2n1. The van der Waals surface area contributed by atoms with Crippen molar-refractivity contribution in [3.05, 3.63) is 47.4 Å². The summed E-state index contributed by atoms with van der Waals surface area (Å²) in [6, 6.07) is 10.2. The summed E-state index contributed by atoms with van der Waals surface area (Å²) in [7, 11) is 0. The number of hydrogen-bond donors (Lipinski definition) is 3. The lowest BCUT2D eigenvalue weighted by atomic mass is 10.2. The number of benzene rings is 1. The molecule has 27 heavy (non-hydrogen) atoms. The fraction of sp³-hybridized carbons (Fsp3) is 0.316. The maximum atomic E-state index is 5.95. The van der Waals surface area contributed by atoms with Crippen LogP contribution in [-0.4, -0.2) is 52.7 Å². The van der Waals surface area contributed by atoms with Gasteiger partial charge in [0, 0.05) is 43.2 Å². The van der Waals surface area contributed by atoms with Crippen LogP contribution in [0.1, 0.15) is 5.69 Å². The third kappa shape index (κ3) is 4.44. The number of nitrogens with zero attached hydrogens (tertiary/aromatic N) is 4. The van der Waals surface area contributed by atoms with Gasteiger partial charge < -0.3 is 16.0 Å². The van der Waals surface area contributed by atoms with E-state index in [4.69, 9.17) is 11.6 Å². The molecule has 7 nitrogen and oxygen atoms in total. The number of aromatic nitrogens is 3.